The van der Waals surface area contributed by atoms with E-state index in [0.717, 1.165) is 0 Å². The molecule has 3 heterocycles. The molecule has 0 unspecified atom stereocenters. The van der Waals surface area contributed by atoms with Crippen molar-refractivity contribution in [3.8, 4) is 17.2 Å². The van der Waals surface area contributed by atoms with Crippen LogP contribution in [-0.2, 0) is 9.53 Å². The molecule has 25 heavy (non-hydrogen) atoms. The summed E-state index contributed by atoms with van der Waals surface area (Å²) >= 11 is 7.76. The van der Waals surface area contributed by atoms with Crippen LogP contribution in [-0.4, -0.2) is 34.4 Å². The van der Waals surface area contributed by atoms with E-state index in [1.807, 2.05) is 16.0 Å². The maximum absolute atomic E-state index is 12.0. The lowest BCUT2D eigenvalue weighted by molar-refractivity contribution is -0.140. The van der Waals surface area contributed by atoms with Crippen molar-refractivity contribution in [2.24, 2.45) is 0 Å². The number of phenols is 1. The number of rotatable bonds is 4. The Morgan fingerprint density at radius 2 is 2.24 bits per heavy atom. The average Bonchev–Trinajstić information content (AvgIpc) is 3.27. The van der Waals surface area contributed by atoms with Crippen molar-refractivity contribution in [1.29, 1.82) is 0 Å². The Bertz CT molecular complexity index is 967. The number of halogens is 1. The van der Waals surface area contributed by atoms with E-state index >= 15 is 0 Å². The first-order chi connectivity index (χ1) is 12.1. The SMILES string of the molecule is COC(=O)C[C@@H](c1cc2c(cc1O)OCO2)c1c(Cl)nc2sccn12. The zero-order valence-corrected chi connectivity index (χ0v) is 14.6. The lowest BCUT2D eigenvalue weighted by atomic mass is 9.91. The first-order valence-corrected chi connectivity index (χ1v) is 8.64. The largest absolute Gasteiger partial charge is 0.508 e. The van der Waals surface area contributed by atoms with Gasteiger partial charge in [-0.3, -0.25) is 9.20 Å². The number of imidazole rings is 1. The second kappa shape index (κ2) is 6.12. The van der Waals surface area contributed by atoms with Gasteiger partial charge in [0, 0.05) is 29.1 Å². The number of carbonyl (C=O) groups is 1. The maximum atomic E-state index is 12.0. The minimum atomic E-state index is -0.556. The third-order valence-corrected chi connectivity index (χ3v) is 5.11. The molecule has 1 N–H and O–H groups in total. The van der Waals surface area contributed by atoms with Crippen LogP contribution in [0.3, 0.4) is 0 Å². The highest BCUT2D eigenvalue weighted by Gasteiger charge is 2.30. The van der Waals surface area contributed by atoms with Crippen LogP contribution in [0.25, 0.3) is 4.96 Å². The Balaban J connectivity index is 1.89. The molecule has 0 saturated heterocycles. The van der Waals surface area contributed by atoms with Crippen molar-refractivity contribution < 1.29 is 24.1 Å². The number of carbonyl (C=O) groups excluding carboxylic acids is 1. The Morgan fingerprint density at radius 3 is 3.00 bits per heavy atom. The normalized spacial score (nSPS) is 14.0. The number of aromatic hydroxyl groups is 1. The van der Waals surface area contributed by atoms with Crippen LogP contribution in [0.15, 0.2) is 23.7 Å². The molecule has 9 heteroatoms. The Kier molecular flexibility index (Phi) is 3.93. The van der Waals surface area contributed by atoms with Crippen LogP contribution in [0.1, 0.15) is 23.6 Å². The number of esters is 1. The molecule has 1 atom stereocenters. The summed E-state index contributed by atoms with van der Waals surface area (Å²) in [7, 11) is 1.32. The molecule has 0 radical (unpaired) electrons. The minimum Gasteiger partial charge on any atom is -0.508 e. The van der Waals surface area contributed by atoms with E-state index < -0.39 is 11.9 Å². The molecule has 1 aromatic carbocycles. The first-order valence-electron chi connectivity index (χ1n) is 7.38. The van der Waals surface area contributed by atoms with E-state index in [9.17, 15) is 9.90 Å². The number of hydrogen-bond donors (Lipinski definition) is 1. The predicted octanol–water partition coefficient (Wildman–Crippen LogP) is 3.18. The molecule has 0 spiro atoms. The molecule has 2 aromatic heterocycles. The summed E-state index contributed by atoms with van der Waals surface area (Å²) < 4.78 is 17.3. The number of phenolic OH excluding ortho intramolecular Hbond substituents is 1. The van der Waals surface area contributed by atoms with Gasteiger partial charge in [-0.05, 0) is 6.07 Å². The van der Waals surface area contributed by atoms with Gasteiger partial charge in [0.15, 0.2) is 21.6 Å². The molecule has 0 saturated carbocycles. The quantitative estimate of drug-likeness (QED) is 0.700. The molecule has 1 aliphatic rings. The highest BCUT2D eigenvalue weighted by Crippen LogP contribution is 2.44. The fourth-order valence-corrected chi connectivity index (χ4v) is 3.99. The van der Waals surface area contributed by atoms with Crippen molar-refractivity contribution >= 4 is 33.9 Å². The van der Waals surface area contributed by atoms with Crippen molar-refractivity contribution in [3.05, 3.63) is 40.1 Å². The van der Waals surface area contributed by atoms with E-state index in [0.29, 0.717) is 27.7 Å². The van der Waals surface area contributed by atoms with E-state index in [2.05, 4.69) is 4.98 Å². The van der Waals surface area contributed by atoms with Crippen LogP contribution < -0.4 is 9.47 Å². The van der Waals surface area contributed by atoms with Crippen LogP contribution in [0.2, 0.25) is 5.15 Å². The number of hydrogen-bond acceptors (Lipinski definition) is 7. The topological polar surface area (TPSA) is 82.3 Å². The van der Waals surface area contributed by atoms with Crippen LogP contribution in [0.4, 0.5) is 0 Å². The molecular formula is C16H13ClN2O5S. The number of fused-ring (bicyclic) bond motifs is 2. The van der Waals surface area contributed by atoms with Gasteiger partial charge in [-0.25, -0.2) is 4.98 Å². The zero-order valence-electron chi connectivity index (χ0n) is 13.1. The van der Waals surface area contributed by atoms with Crippen LogP contribution >= 0.6 is 22.9 Å². The van der Waals surface area contributed by atoms with E-state index in [1.165, 1.54) is 24.5 Å². The van der Waals surface area contributed by atoms with Crippen molar-refractivity contribution in [2.45, 2.75) is 12.3 Å². The summed E-state index contributed by atoms with van der Waals surface area (Å²) in [4.78, 5) is 17.0. The third-order valence-electron chi connectivity index (χ3n) is 4.08. The number of thiazole rings is 1. The van der Waals surface area contributed by atoms with Crippen molar-refractivity contribution in [1.82, 2.24) is 9.38 Å². The number of benzene rings is 1. The average molecular weight is 381 g/mol. The molecule has 0 bridgehead atoms. The summed E-state index contributed by atoms with van der Waals surface area (Å²) in [5, 5.41) is 12.6. The summed E-state index contributed by atoms with van der Waals surface area (Å²) in [5.74, 6) is -0.0373. The molecule has 1 aliphatic heterocycles. The minimum absolute atomic E-state index is 0.00688. The van der Waals surface area contributed by atoms with Gasteiger partial charge in [-0.2, -0.15) is 0 Å². The maximum Gasteiger partial charge on any atom is 0.306 e. The van der Waals surface area contributed by atoms with E-state index in [1.54, 1.807) is 6.07 Å². The molecule has 0 aliphatic carbocycles. The van der Waals surface area contributed by atoms with Crippen LogP contribution in [0, 0.1) is 0 Å². The van der Waals surface area contributed by atoms with Crippen LogP contribution in [0.5, 0.6) is 17.2 Å². The predicted molar refractivity (Wildman–Crippen MR) is 90.8 cm³/mol. The molecule has 0 amide bonds. The van der Waals surface area contributed by atoms with Gasteiger partial charge in [0.05, 0.1) is 19.2 Å². The molecule has 130 valence electrons. The Hall–Kier alpha value is -2.45. The number of nitrogens with zero attached hydrogens (tertiary/aromatic N) is 2. The lowest BCUT2D eigenvalue weighted by Gasteiger charge is -2.18. The molecule has 3 aromatic rings. The van der Waals surface area contributed by atoms with Gasteiger partial charge in [0.2, 0.25) is 6.79 Å². The second-order valence-corrected chi connectivity index (χ2v) is 6.67. The van der Waals surface area contributed by atoms with Gasteiger partial charge in [-0.1, -0.05) is 11.6 Å². The highest BCUT2D eigenvalue weighted by molar-refractivity contribution is 7.15. The molecule has 0 fully saturated rings. The zero-order chi connectivity index (χ0) is 17.6. The standard InChI is InChI=1S/C16H13ClN2O5S/c1-22-13(21)5-9(14-15(17)18-16-19(14)2-3-25-16)8-4-11-12(6-10(8)20)24-7-23-11/h2-4,6,9,20H,5,7H2,1H3/t9-/m0/s1. The van der Waals surface area contributed by atoms with Gasteiger partial charge in [-0.15, -0.1) is 11.3 Å². The van der Waals surface area contributed by atoms with Gasteiger partial charge < -0.3 is 19.3 Å². The molecule has 7 nitrogen and oxygen atoms in total. The Labute approximate surface area is 151 Å². The lowest BCUT2D eigenvalue weighted by Crippen LogP contribution is -2.12. The smallest absolute Gasteiger partial charge is 0.306 e. The summed E-state index contributed by atoms with van der Waals surface area (Å²) in [6, 6.07) is 3.13. The summed E-state index contributed by atoms with van der Waals surface area (Å²) in [6.45, 7) is 0.0854. The second-order valence-electron chi connectivity index (χ2n) is 5.44. The first kappa shape index (κ1) is 16.0. The van der Waals surface area contributed by atoms with Gasteiger partial charge in [0.25, 0.3) is 0 Å². The number of aromatic nitrogens is 2. The highest BCUT2D eigenvalue weighted by atomic mass is 35.5. The summed E-state index contributed by atoms with van der Waals surface area (Å²) in [6.07, 6.45) is 1.82. The third kappa shape index (κ3) is 2.67. The Morgan fingerprint density at radius 1 is 1.48 bits per heavy atom. The van der Waals surface area contributed by atoms with Gasteiger partial charge in [0.1, 0.15) is 5.75 Å². The fraction of sp³-hybridized carbons (Fsp3) is 0.250. The molecule has 4 rings (SSSR count). The van der Waals surface area contributed by atoms with Gasteiger partial charge >= 0.3 is 5.97 Å². The monoisotopic (exact) mass is 380 g/mol. The fourth-order valence-electron chi connectivity index (χ4n) is 2.92. The number of ether oxygens (including phenoxy) is 3. The van der Waals surface area contributed by atoms with E-state index in [-0.39, 0.29) is 24.1 Å². The van der Waals surface area contributed by atoms with E-state index in [4.69, 9.17) is 25.8 Å². The molecular weight excluding hydrogens is 368 g/mol. The number of methoxy groups -OCH3 is 1. The van der Waals surface area contributed by atoms with Crippen molar-refractivity contribution in [2.75, 3.05) is 13.9 Å². The summed E-state index contributed by atoms with van der Waals surface area (Å²) in [5.41, 5.74) is 1.10. The van der Waals surface area contributed by atoms with Crippen molar-refractivity contribution in [3.63, 3.8) is 0 Å².